The van der Waals surface area contributed by atoms with Crippen LogP contribution in [0.1, 0.15) is 11.1 Å². The molecule has 0 amide bonds. The van der Waals surface area contributed by atoms with Crippen LogP contribution in [-0.2, 0) is 13.2 Å². The summed E-state index contributed by atoms with van der Waals surface area (Å²) in [6.07, 6.45) is 1.78. The maximum absolute atomic E-state index is 6.17. The van der Waals surface area contributed by atoms with Crippen LogP contribution < -0.4 is 9.47 Å². The van der Waals surface area contributed by atoms with Crippen LogP contribution in [0.5, 0.6) is 11.8 Å². The molecule has 5 nitrogen and oxygen atoms in total. The molecule has 0 unspecified atom stereocenters. The minimum atomic E-state index is 0.402. The van der Waals surface area contributed by atoms with E-state index in [1.807, 2.05) is 95.6 Å². The molecule has 158 valence electrons. The number of hydrogen-bond acceptors (Lipinski definition) is 4. The molecule has 5 aromatic rings. The Labute approximate surface area is 194 Å². The highest BCUT2D eigenvalue weighted by atomic mass is 79.9. The lowest BCUT2D eigenvalue weighted by atomic mass is 10.2. The van der Waals surface area contributed by atoms with Crippen molar-refractivity contribution >= 4 is 27.0 Å². The van der Waals surface area contributed by atoms with Crippen LogP contribution in [0.25, 0.3) is 16.7 Å². The van der Waals surface area contributed by atoms with Crippen LogP contribution in [0.4, 0.5) is 0 Å². The van der Waals surface area contributed by atoms with Gasteiger partial charge in [0.2, 0.25) is 11.8 Å². The summed E-state index contributed by atoms with van der Waals surface area (Å²) < 4.78 is 15.0. The summed E-state index contributed by atoms with van der Waals surface area (Å²) in [5, 5.41) is 0. The van der Waals surface area contributed by atoms with Gasteiger partial charge in [-0.3, -0.25) is 4.57 Å². The first-order chi connectivity index (χ1) is 15.8. The minimum Gasteiger partial charge on any atom is -0.473 e. The summed E-state index contributed by atoms with van der Waals surface area (Å²) in [4.78, 5) is 9.24. The molecule has 0 bridgehead atoms. The van der Waals surface area contributed by atoms with Crippen molar-refractivity contribution in [1.29, 1.82) is 0 Å². The molecule has 0 aliphatic carbocycles. The molecule has 0 radical (unpaired) electrons. The molecule has 0 saturated heterocycles. The quantitative estimate of drug-likeness (QED) is 0.269. The fourth-order valence-corrected chi connectivity index (χ4v) is 3.90. The molecule has 0 spiro atoms. The SMILES string of the molecule is Brc1cccc2c1ncn2-c1ccc(OCc2ccccc2)nc1OCc1ccccc1. The van der Waals surface area contributed by atoms with E-state index in [9.17, 15) is 0 Å². The van der Waals surface area contributed by atoms with E-state index >= 15 is 0 Å². The monoisotopic (exact) mass is 485 g/mol. The van der Waals surface area contributed by atoms with Gasteiger partial charge in [0, 0.05) is 10.5 Å². The van der Waals surface area contributed by atoms with Gasteiger partial charge in [-0.15, -0.1) is 0 Å². The van der Waals surface area contributed by atoms with Gasteiger partial charge in [-0.2, -0.15) is 4.98 Å². The van der Waals surface area contributed by atoms with Crippen LogP contribution in [0.15, 0.2) is 102 Å². The number of imidazole rings is 1. The molecular formula is C26H20BrN3O2. The van der Waals surface area contributed by atoms with E-state index in [4.69, 9.17) is 9.47 Å². The number of rotatable bonds is 7. The Bertz CT molecular complexity index is 1340. The summed E-state index contributed by atoms with van der Waals surface area (Å²) in [5.74, 6) is 0.991. The highest BCUT2D eigenvalue weighted by molar-refractivity contribution is 9.10. The molecule has 3 aromatic carbocycles. The maximum Gasteiger partial charge on any atom is 0.242 e. The number of halogens is 1. The van der Waals surface area contributed by atoms with Gasteiger partial charge in [0.15, 0.2) is 0 Å². The standard InChI is InChI=1S/C26H20BrN3O2/c27-21-12-7-13-22-25(21)28-18-30(22)23-14-15-24(31-16-19-8-3-1-4-9-19)29-26(23)32-17-20-10-5-2-6-11-20/h1-15,18H,16-17H2. The second-order valence-corrected chi connectivity index (χ2v) is 8.10. The maximum atomic E-state index is 6.17. The van der Waals surface area contributed by atoms with Crippen LogP contribution in [0.3, 0.4) is 0 Å². The van der Waals surface area contributed by atoms with Gasteiger partial charge in [-0.1, -0.05) is 66.7 Å². The number of hydrogen-bond donors (Lipinski definition) is 0. The summed E-state index contributed by atoms with van der Waals surface area (Å²) in [7, 11) is 0. The van der Waals surface area contributed by atoms with Gasteiger partial charge in [0.25, 0.3) is 0 Å². The van der Waals surface area contributed by atoms with E-state index in [-0.39, 0.29) is 0 Å². The fourth-order valence-electron chi connectivity index (χ4n) is 3.44. The molecular weight excluding hydrogens is 466 g/mol. The Morgan fingerprint density at radius 3 is 2.12 bits per heavy atom. The van der Waals surface area contributed by atoms with Gasteiger partial charge >= 0.3 is 0 Å². The number of fused-ring (bicyclic) bond motifs is 1. The zero-order valence-electron chi connectivity index (χ0n) is 17.2. The third-order valence-corrected chi connectivity index (χ3v) is 5.69. The van der Waals surface area contributed by atoms with Crippen LogP contribution in [-0.4, -0.2) is 14.5 Å². The zero-order valence-corrected chi connectivity index (χ0v) is 18.8. The van der Waals surface area contributed by atoms with Crippen molar-refractivity contribution in [2.45, 2.75) is 13.2 Å². The van der Waals surface area contributed by atoms with E-state index in [2.05, 4.69) is 25.9 Å². The van der Waals surface area contributed by atoms with E-state index in [1.54, 1.807) is 6.33 Å². The Morgan fingerprint density at radius 1 is 0.719 bits per heavy atom. The van der Waals surface area contributed by atoms with Gasteiger partial charge in [-0.25, -0.2) is 4.98 Å². The molecule has 0 aliphatic heterocycles. The highest BCUT2D eigenvalue weighted by Crippen LogP contribution is 2.30. The molecule has 6 heteroatoms. The summed E-state index contributed by atoms with van der Waals surface area (Å²) in [6.45, 7) is 0.839. The average molecular weight is 486 g/mol. The lowest BCUT2D eigenvalue weighted by molar-refractivity contribution is 0.267. The lowest BCUT2D eigenvalue weighted by Gasteiger charge is -2.14. The highest BCUT2D eigenvalue weighted by Gasteiger charge is 2.15. The Kier molecular flexibility index (Phi) is 5.85. The smallest absolute Gasteiger partial charge is 0.242 e. The Balaban J connectivity index is 1.49. The first kappa shape index (κ1) is 20.3. The zero-order chi connectivity index (χ0) is 21.8. The minimum absolute atomic E-state index is 0.402. The normalized spacial score (nSPS) is 10.9. The van der Waals surface area contributed by atoms with Crippen molar-refractivity contribution in [3.63, 3.8) is 0 Å². The van der Waals surface area contributed by atoms with Gasteiger partial charge < -0.3 is 9.47 Å². The number of para-hydroxylation sites is 1. The van der Waals surface area contributed by atoms with Crippen LogP contribution >= 0.6 is 15.9 Å². The summed E-state index contributed by atoms with van der Waals surface area (Å²) in [6, 6.07) is 29.8. The molecule has 2 aromatic heterocycles. The van der Waals surface area contributed by atoms with Gasteiger partial charge in [0.05, 0.1) is 5.52 Å². The van der Waals surface area contributed by atoms with Crippen LogP contribution in [0, 0.1) is 0 Å². The first-order valence-electron chi connectivity index (χ1n) is 10.2. The van der Waals surface area contributed by atoms with Crippen molar-refractivity contribution in [1.82, 2.24) is 14.5 Å². The lowest BCUT2D eigenvalue weighted by Crippen LogP contribution is -2.05. The van der Waals surface area contributed by atoms with E-state index in [0.29, 0.717) is 25.0 Å². The van der Waals surface area contributed by atoms with Crippen molar-refractivity contribution in [2.24, 2.45) is 0 Å². The fraction of sp³-hybridized carbons (Fsp3) is 0.0769. The predicted octanol–water partition coefficient (Wildman–Crippen LogP) is 6.34. The molecule has 0 atom stereocenters. The first-order valence-corrected chi connectivity index (χ1v) is 11.0. The average Bonchev–Trinajstić information content (AvgIpc) is 3.28. The van der Waals surface area contributed by atoms with Crippen molar-refractivity contribution in [3.05, 3.63) is 113 Å². The van der Waals surface area contributed by atoms with Crippen molar-refractivity contribution < 1.29 is 9.47 Å². The third kappa shape index (κ3) is 4.36. The number of pyridine rings is 1. The van der Waals surface area contributed by atoms with E-state index in [1.165, 1.54) is 0 Å². The van der Waals surface area contributed by atoms with E-state index in [0.717, 1.165) is 32.3 Å². The predicted molar refractivity (Wildman–Crippen MR) is 128 cm³/mol. The summed E-state index contributed by atoms with van der Waals surface area (Å²) in [5.41, 5.74) is 4.79. The van der Waals surface area contributed by atoms with E-state index < -0.39 is 0 Å². The molecule has 32 heavy (non-hydrogen) atoms. The largest absolute Gasteiger partial charge is 0.473 e. The molecule has 0 fully saturated rings. The molecule has 5 rings (SSSR count). The number of nitrogens with zero attached hydrogens (tertiary/aromatic N) is 3. The van der Waals surface area contributed by atoms with Crippen molar-refractivity contribution in [2.75, 3.05) is 0 Å². The topological polar surface area (TPSA) is 49.2 Å². The van der Waals surface area contributed by atoms with Crippen LogP contribution in [0.2, 0.25) is 0 Å². The molecule has 0 saturated carbocycles. The second-order valence-electron chi connectivity index (χ2n) is 7.24. The molecule has 0 N–H and O–H groups in total. The number of aromatic nitrogens is 3. The van der Waals surface area contributed by atoms with Gasteiger partial charge in [-0.05, 0) is 45.3 Å². The Hall–Kier alpha value is -3.64. The molecule has 2 heterocycles. The van der Waals surface area contributed by atoms with Crippen molar-refractivity contribution in [3.8, 4) is 17.4 Å². The molecule has 0 aliphatic rings. The second kappa shape index (κ2) is 9.24. The Morgan fingerprint density at radius 2 is 1.41 bits per heavy atom. The van der Waals surface area contributed by atoms with Gasteiger partial charge in [0.1, 0.15) is 30.7 Å². The summed E-state index contributed by atoms with van der Waals surface area (Å²) >= 11 is 3.57. The third-order valence-electron chi connectivity index (χ3n) is 5.05. The number of ether oxygens (including phenoxy) is 2. The number of benzene rings is 3.